The van der Waals surface area contributed by atoms with E-state index in [2.05, 4.69) is 0 Å². The fourth-order valence-electron chi connectivity index (χ4n) is 1.54. The summed E-state index contributed by atoms with van der Waals surface area (Å²) in [6, 6.07) is 3.43. The Kier molecular flexibility index (Phi) is 5.74. The summed E-state index contributed by atoms with van der Waals surface area (Å²) in [4.78, 5) is 1.46. The molecule has 1 aromatic rings. The summed E-state index contributed by atoms with van der Waals surface area (Å²) in [5.74, 6) is -1.88. The van der Waals surface area contributed by atoms with Crippen molar-refractivity contribution in [3.8, 4) is 0 Å². The lowest BCUT2D eigenvalue weighted by Crippen LogP contribution is -2.22. The number of halogens is 2. The van der Waals surface area contributed by atoms with E-state index >= 15 is 0 Å². The zero-order chi connectivity index (χ0) is 13.5. The molecule has 3 N–H and O–H groups in total. The highest BCUT2D eigenvalue weighted by Crippen LogP contribution is 2.17. The topological polar surface area (TPSA) is 67.6 Å². The molecule has 0 aliphatic rings. The van der Waals surface area contributed by atoms with Crippen LogP contribution in [-0.2, 0) is 0 Å². The van der Waals surface area contributed by atoms with E-state index in [0.717, 1.165) is 18.5 Å². The Bertz CT molecular complexity index is 405. The van der Waals surface area contributed by atoms with E-state index in [1.54, 1.807) is 0 Å². The van der Waals surface area contributed by atoms with Crippen LogP contribution in [0, 0.1) is 17.0 Å². The van der Waals surface area contributed by atoms with Gasteiger partial charge in [0.05, 0.1) is 6.34 Å². The van der Waals surface area contributed by atoms with Crippen molar-refractivity contribution < 1.29 is 18.8 Å². The van der Waals surface area contributed by atoms with E-state index in [9.17, 15) is 8.78 Å². The molecule has 0 fully saturated rings. The molecule has 0 radical (unpaired) electrons. The van der Waals surface area contributed by atoms with Gasteiger partial charge in [0.2, 0.25) is 0 Å². The number of anilines is 1. The quantitative estimate of drug-likeness (QED) is 0.300. The highest BCUT2D eigenvalue weighted by atomic mass is 19.2. The maximum Gasteiger partial charge on any atom is 0.451 e. The number of hydrogen-bond donors (Lipinski definition) is 3. The molecule has 0 unspecified atom stereocenters. The largest absolute Gasteiger partial charge is 0.451 e. The summed E-state index contributed by atoms with van der Waals surface area (Å²) in [5.41, 5.74) is 0.397. The van der Waals surface area contributed by atoms with Crippen LogP contribution in [0.3, 0.4) is 0 Å². The average Bonchev–Trinajstić information content (AvgIpc) is 2.33. The molecule has 0 heterocycles. The highest BCUT2D eigenvalue weighted by Gasteiger charge is 2.09. The molecule has 7 heteroatoms. The van der Waals surface area contributed by atoms with Crippen molar-refractivity contribution in [2.75, 3.05) is 11.4 Å². The Morgan fingerprint density at radius 1 is 1.22 bits per heavy atom. The van der Waals surface area contributed by atoms with Gasteiger partial charge in [-0.05, 0) is 24.9 Å². The Labute approximate surface area is 105 Å². The Hall–Kier alpha value is -1.47. The van der Waals surface area contributed by atoms with Gasteiger partial charge >= 0.3 is 7.12 Å². The monoisotopic (exact) mass is 256 g/mol. The van der Waals surface area contributed by atoms with Crippen molar-refractivity contribution in [1.29, 1.82) is 5.41 Å². The average molecular weight is 256 g/mol. The first-order chi connectivity index (χ1) is 8.54. The number of rotatable bonds is 7. The van der Waals surface area contributed by atoms with E-state index in [1.165, 1.54) is 11.0 Å². The first-order valence-electron chi connectivity index (χ1n) is 5.63. The molecule has 0 aliphatic heterocycles. The SMILES string of the molecule is N=CN(CCCCB(O)O)c1ccc(F)c(F)c1. The van der Waals surface area contributed by atoms with Crippen LogP contribution >= 0.6 is 0 Å². The maximum atomic E-state index is 13.0. The van der Waals surface area contributed by atoms with Crippen LogP contribution in [0.5, 0.6) is 0 Å². The Balaban J connectivity index is 2.54. The van der Waals surface area contributed by atoms with Crippen molar-refractivity contribution in [1.82, 2.24) is 0 Å². The van der Waals surface area contributed by atoms with Crippen molar-refractivity contribution >= 4 is 19.1 Å². The molecule has 1 rings (SSSR count). The van der Waals surface area contributed by atoms with Crippen LogP contribution in [0.4, 0.5) is 14.5 Å². The highest BCUT2D eigenvalue weighted by molar-refractivity contribution is 6.40. The van der Waals surface area contributed by atoms with Crippen molar-refractivity contribution in [3.05, 3.63) is 29.8 Å². The van der Waals surface area contributed by atoms with Gasteiger partial charge in [0.1, 0.15) is 0 Å². The summed E-state index contributed by atoms with van der Waals surface area (Å²) >= 11 is 0. The molecule has 0 saturated heterocycles. The summed E-state index contributed by atoms with van der Waals surface area (Å²) in [6.45, 7) is 0.432. The Morgan fingerprint density at radius 3 is 2.50 bits per heavy atom. The molecule has 18 heavy (non-hydrogen) atoms. The maximum absolute atomic E-state index is 13.0. The van der Waals surface area contributed by atoms with Crippen LogP contribution in [0.25, 0.3) is 0 Å². The van der Waals surface area contributed by atoms with Gasteiger partial charge < -0.3 is 14.9 Å². The Morgan fingerprint density at radius 2 is 1.94 bits per heavy atom. The lowest BCUT2D eigenvalue weighted by Gasteiger charge is -2.19. The van der Waals surface area contributed by atoms with Gasteiger partial charge in [-0.1, -0.05) is 6.42 Å². The number of nitrogens with one attached hydrogen (secondary N) is 1. The summed E-state index contributed by atoms with van der Waals surface area (Å²) < 4.78 is 25.8. The fourth-order valence-corrected chi connectivity index (χ4v) is 1.54. The number of benzene rings is 1. The van der Waals surface area contributed by atoms with Crippen LogP contribution in [-0.4, -0.2) is 30.0 Å². The van der Waals surface area contributed by atoms with E-state index in [0.29, 0.717) is 25.1 Å². The third-order valence-electron chi connectivity index (χ3n) is 2.50. The van der Waals surface area contributed by atoms with Crippen molar-refractivity contribution in [3.63, 3.8) is 0 Å². The molecule has 0 atom stereocenters. The molecular weight excluding hydrogens is 241 g/mol. The lowest BCUT2D eigenvalue weighted by molar-refractivity contribution is 0.402. The smallest absolute Gasteiger partial charge is 0.427 e. The molecule has 0 aliphatic carbocycles. The third-order valence-corrected chi connectivity index (χ3v) is 2.50. The van der Waals surface area contributed by atoms with E-state index in [4.69, 9.17) is 15.5 Å². The molecule has 0 saturated carbocycles. The number of unbranched alkanes of at least 4 members (excludes halogenated alkanes) is 1. The van der Waals surface area contributed by atoms with E-state index < -0.39 is 18.8 Å². The minimum Gasteiger partial charge on any atom is -0.427 e. The summed E-state index contributed by atoms with van der Waals surface area (Å²) in [6.07, 6.45) is 2.48. The number of nitrogens with zero attached hydrogens (tertiary/aromatic N) is 1. The molecule has 98 valence electrons. The predicted molar refractivity (Wildman–Crippen MR) is 66.7 cm³/mol. The second kappa shape index (κ2) is 7.08. The lowest BCUT2D eigenvalue weighted by atomic mass is 9.84. The molecule has 0 aromatic heterocycles. The molecule has 0 bridgehead atoms. The van der Waals surface area contributed by atoms with Gasteiger partial charge in [0, 0.05) is 18.3 Å². The first-order valence-corrected chi connectivity index (χ1v) is 5.63. The van der Waals surface area contributed by atoms with Gasteiger partial charge in [-0.25, -0.2) is 8.78 Å². The molecular formula is C11H15BF2N2O2. The van der Waals surface area contributed by atoms with Gasteiger partial charge in [0.15, 0.2) is 11.6 Å². The van der Waals surface area contributed by atoms with Crippen LogP contribution in [0.1, 0.15) is 12.8 Å². The van der Waals surface area contributed by atoms with E-state index in [-0.39, 0.29) is 6.32 Å². The predicted octanol–water partition coefficient (Wildman–Crippen LogP) is 1.63. The van der Waals surface area contributed by atoms with Crippen LogP contribution in [0.15, 0.2) is 18.2 Å². The zero-order valence-electron chi connectivity index (χ0n) is 9.81. The first kappa shape index (κ1) is 14.6. The van der Waals surface area contributed by atoms with Gasteiger partial charge in [0.25, 0.3) is 0 Å². The van der Waals surface area contributed by atoms with Crippen LogP contribution < -0.4 is 4.90 Å². The molecule has 0 amide bonds. The second-order valence-electron chi connectivity index (χ2n) is 3.90. The standard InChI is InChI=1S/C11H15BF2N2O2/c13-10-4-3-9(7-11(10)14)16(8-15)6-2-1-5-12(17)18/h3-4,7-8,15,17-18H,1-2,5-6H2. The zero-order valence-corrected chi connectivity index (χ0v) is 9.81. The van der Waals surface area contributed by atoms with Gasteiger partial charge in [-0.15, -0.1) is 0 Å². The molecule has 0 spiro atoms. The fraction of sp³-hybridized carbons (Fsp3) is 0.364. The van der Waals surface area contributed by atoms with Gasteiger partial charge in [-0.2, -0.15) is 0 Å². The normalized spacial score (nSPS) is 10.2. The van der Waals surface area contributed by atoms with Gasteiger partial charge in [-0.3, -0.25) is 5.41 Å². The number of hydrogen-bond acceptors (Lipinski definition) is 3. The minimum atomic E-state index is -1.33. The van der Waals surface area contributed by atoms with Crippen LogP contribution in [0.2, 0.25) is 6.32 Å². The minimum absolute atomic E-state index is 0.254. The summed E-state index contributed by atoms with van der Waals surface area (Å²) in [5, 5.41) is 24.6. The second-order valence-corrected chi connectivity index (χ2v) is 3.90. The third kappa shape index (κ3) is 4.42. The molecule has 4 nitrogen and oxygen atoms in total. The summed E-state index contributed by atoms with van der Waals surface area (Å²) in [7, 11) is -1.33. The molecule has 1 aromatic carbocycles. The van der Waals surface area contributed by atoms with Crippen molar-refractivity contribution in [2.45, 2.75) is 19.2 Å². The van der Waals surface area contributed by atoms with E-state index in [1.807, 2.05) is 0 Å². The van der Waals surface area contributed by atoms with Crippen molar-refractivity contribution in [2.24, 2.45) is 0 Å².